The summed E-state index contributed by atoms with van der Waals surface area (Å²) in [7, 11) is 0. The van der Waals surface area contributed by atoms with Gasteiger partial charge in [0.25, 0.3) is 5.91 Å². The van der Waals surface area contributed by atoms with Gasteiger partial charge in [-0.25, -0.2) is 0 Å². The Morgan fingerprint density at radius 3 is 2.56 bits per heavy atom. The second-order valence-corrected chi connectivity index (χ2v) is 6.36. The van der Waals surface area contributed by atoms with Crippen molar-refractivity contribution in [2.24, 2.45) is 0 Å². The average Bonchev–Trinajstić information content (AvgIpc) is 3.24. The third-order valence-corrected chi connectivity index (χ3v) is 4.60. The van der Waals surface area contributed by atoms with E-state index in [1.54, 1.807) is 12.1 Å². The van der Waals surface area contributed by atoms with E-state index < -0.39 is 0 Å². The Hall–Kier alpha value is -2.98. The van der Waals surface area contributed by atoms with Gasteiger partial charge < -0.3 is 15.4 Å². The van der Waals surface area contributed by atoms with Crippen molar-refractivity contribution in [2.75, 3.05) is 17.2 Å². The van der Waals surface area contributed by atoms with Gasteiger partial charge in [-0.15, -0.1) is 5.10 Å². The van der Waals surface area contributed by atoms with Gasteiger partial charge in [0.15, 0.2) is 5.82 Å². The third-order valence-electron chi connectivity index (χ3n) is 4.60. The van der Waals surface area contributed by atoms with Gasteiger partial charge in [0.1, 0.15) is 17.7 Å². The van der Waals surface area contributed by atoms with E-state index in [9.17, 15) is 10.1 Å². The molecule has 7 heteroatoms. The highest BCUT2D eigenvalue weighted by atomic mass is 16.5. The van der Waals surface area contributed by atoms with Gasteiger partial charge in [-0.05, 0) is 55.5 Å². The van der Waals surface area contributed by atoms with Crippen LogP contribution in [-0.4, -0.2) is 28.8 Å². The largest absolute Gasteiger partial charge is 0.368 e. The van der Waals surface area contributed by atoms with Gasteiger partial charge in [-0.2, -0.15) is 10.4 Å². The van der Waals surface area contributed by atoms with Crippen molar-refractivity contribution in [2.45, 2.75) is 45.6 Å². The number of aryl methyl sites for hydroxylation is 1. The molecule has 1 fully saturated rings. The summed E-state index contributed by atoms with van der Waals surface area (Å²) in [5.74, 6) is 0.330. The molecule has 1 atom stereocenters. The van der Waals surface area contributed by atoms with Gasteiger partial charge in [0.2, 0.25) is 0 Å². The second kappa shape index (κ2) is 8.60. The topological polar surface area (TPSA) is 99.9 Å². The van der Waals surface area contributed by atoms with Crippen LogP contribution in [0.15, 0.2) is 24.3 Å². The highest BCUT2D eigenvalue weighted by Crippen LogP contribution is 2.24. The van der Waals surface area contributed by atoms with E-state index >= 15 is 0 Å². The lowest BCUT2D eigenvalue weighted by atomic mass is 10.0. The number of nitriles is 1. The van der Waals surface area contributed by atoms with E-state index in [0.717, 1.165) is 42.6 Å². The summed E-state index contributed by atoms with van der Waals surface area (Å²) >= 11 is 0. The molecule has 0 bridgehead atoms. The Labute approximate surface area is 158 Å². The minimum atomic E-state index is -0.360. The Kier molecular flexibility index (Phi) is 5.99. The van der Waals surface area contributed by atoms with Crippen LogP contribution in [0.1, 0.15) is 43.5 Å². The summed E-state index contributed by atoms with van der Waals surface area (Å²) in [6, 6.07) is 9.50. The molecule has 0 spiro atoms. The number of nitrogens with one attached hydrogen (secondary N) is 2. The first kappa shape index (κ1) is 18.8. The fraction of sp³-hybridized carbons (Fsp3) is 0.400. The number of amides is 1. The normalized spacial score (nSPS) is 16.0. The number of benzene rings is 1. The van der Waals surface area contributed by atoms with Crippen LogP contribution in [0.5, 0.6) is 0 Å². The molecule has 1 unspecified atom stereocenters. The number of anilines is 3. The van der Waals surface area contributed by atoms with Crippen LogP contribution in [-0.2, 0) is 22.4 Å². The predicted molar refractivity (Wildman–Crippen MR) is 103 cm³/mol. The maximum absolute atomic E-state index is 12.1. The SMILES string of the molecule is CCc1nnc(Nc2ccc(NC(=O)C3CCCO3)cc2)c(C#N)c1CC. The summed E-state index contributed by atoms with van der Waals surface area (Å²) in [5.41, 5.74) is 3.77. The molecule has 1 amide bonds. The van der Waals surface area contributed by atoms with Gasteiger partial charge in [-0.1, -0.05) is 13.8 Å². The number of aromatic nitrogens is 2. The molecular formula is C20H23N5O2. The number of carbonyl (C=O) groups is 1. The van der Waals surface area contributed by atoms with Crippen LogP contribution < -0.4 is 10.6 Å². The zero-order valence-corrected chi connectivity index (χ0v) is 15.6. The molecule has 140 valence electrons. The maximum atomic E-state index is 12.1. The summed E-state index contributed by atoms with van der Waals surface area (Å²) in [6.07, 6.45) is 2.78. The highest BCUT2D eigenvalue weighted by molar-refractivity contribution is 5.94. The van der Waals surface area contributed by atoms with Crippen molar-refractivity contribution in [3.8, 4) is 6.07 Å². The van der Waals surface area contributed by atoms with E-state index in [1.165, 1.54) is 0 Å². The molecule has 2 heterocycles. The van der Waals surface area contributed by atoms with Crippen molar-refractivity contribution in [3.63, 3.8) is 0 Å². The zero-order valence-electron chi connectivity index (χ0n) is 15.6. The van der Waals surface area contributed by atoms with E-state index in [0.29, 0.717) is 23.7 Å². The fourth-order valence-electron chi connectivity index (χ4n) is 3.16. The number of carbonyl (C=O) groups excluding carboxylic acids is 1. The quantitative estimate of drug-likeness (QED) is 0.814. The van der Waals surface area contributed by atoms with E-state index in [1.807, 2.05) is 26.0 Å². The average molecular weight is 365 g/mol. The monoisotopic (exact) mass is 365 g/mol. The fourth-order valence-corrected chi connectivity index (χ4v) is 3.16. The van der Waals surface area contributed by atoms with Crippen LogP contribution in [0.4, 0.5) is 17.2 Å². The molecule has 1 aromatic heterocycles. The highest BCUT2D eigenvalue weighted by Gasteiger charge is 2.23. The van der Waals surface area contributed by atoms with Crippen molar-refractivity contribution in [1.29, 1.82) is 5.26 Å². The summed E-state index contributed by atoms with van der Waals surface area (Å²) in [5, 5.41) is 24.0. The smallest absolute Gasteiger partial charge is 0.253 e. The molecule has 0 radical (unpaired) electrons. The van der Waals surface area contributed by atoms with E-state index in [2.05, 4.69) is 26.9 Å². The molecule has 27 heavy (non-hydrogen) atoms. The van der Waals surface area contributed by atoms with Crippen LogP contribution in [0, 0.1) is 11.3 Å². The molecule has 0 saturated carbocycles. The molecule has 2 N–H and O–H groups in total. The molecular weight excluding hydrogens is 342 g/mol. The Morgan fingerprint density at radius 2 is 1.96 bits per heavy atom. The first-order valence-corrected chi connectivity index (χ1v) is 9.24. The van der Waals surface area contributed by atoms with Crippen molar-refractivity contribution < 1.29 is 9.53 Å². The van der Waals surface area contributed by atoms with Crippen molar-refractivity contribution >= 4 is 23.1 Å². The van der Waals surface area contributed by atoms with E-state index in [-0.39, 0.29) is 12.0 Å². The lowest BCUT2D eigenvalue weighted by Gasteiger charge is -2.13. The van der Waals surface area contributed by atoms with Crippen molar-refractivity contribution in [1.82, 2.24) is 10.2 Å². The first-order chi connectivity index (χ1) is 13.2. The summed E-state index contributed by atoms with van der Waals surface area (Å²) in [4.78, 5) is 12.1. The second-order valence-electron chi connectivity index (χ2n) is 6.36. The van der Waals surface area contributed by atoms with Crippen LogP contribution in [0.3, 0.4) is 0 Å². The zero-order chi connectivity index (χ0) is 19.2. The Balaban J connectivity index is 1.73. The minimum Gasteiger partial charge on any atom is -0.368 e. The molecule has 1 aromatic carbocycles. The lowest BCUT2D eigenvalue weighted by molar-refractivity contribution is -0.124. The minimum absolute atomic E-state index is 0.117. The van der Waals surface area contributed by atoms with Crippen LogP contribution >= 0.6 is 0 Å². The molecule has 3 rings (SSSR count). The number of rotatable bonds is 6. The molecule has 2 aromatic rings. The summed E-state index contributed by atoms with van der Waals surface area (Å²) < 4.78 is 5.39. The molecule has 1 saturated heterocycles. The van der Waals surface area contributed by atoms with Crippen molar-refractivity contribution in [3.05, 3.63) is 41.1 Å². The lowest BCUT2D eigenvalue weighted by Crippen LogP contribution is -2.26. The van der Waals surface area contributed by atoms with Crippen LogP contribution in [0.25, 0.3) is 0 Å². The van der Waals surface area contributed by atoms with Crippen LogP contribution in [0.2, 0.25) is 0 Å². The number of nitrogens with zero attached hydrogens (tertiary/aromatic N) is 3. The number of hydrogen-bond donors (Lipinski definition) is 2. The maximum Gasteiger partial charge on any atom is 0.253 e. The van der Waals surface area contributed by atoms with E-state index in [4.69, 9.17) is 4.74 Å². The molecule has 1 aliphatic rings. The van der Waals surface area contributed by atoms with Gasteiger partial charge in [-0.3, -0.25) is 4.79 Å². The predicted octanol–water partition coefficient (Wildman–Crippen LogP) is 3.33. The van der Waals surface area contributed by atoms with Gasteiger partial charge in [0.05, 0.1) is 5.69 Å². The summed E-state index contributed by atoms with van der Waals surface area (Å²) in [6.45, 7) is 4.65. The Morgan fingerprint density at radius 1 is 1.22 bits per heavy atom. The molecule has 0 aliphatic carbocycles. The van der Waals surface area contributed by atoms with Gasteiger partial charge in [0, 0.05) is 18.0 Å². The van der Waals surface area contributed by atoms with Gasteiger partial charge >= 0.3 is 0 Å². The standard InChI is InChI=1S/C20H23N5O2/c1-3-15-16(12-21)19(25-24-17(15)4-2)22-13-7-9-14(10-8-13)23-20(26)18-6-5-11-27-18/h7-10,18H,3-6,11H2,1-2H3,(H,22,25)(H,23,26). The first-order valence-electron chi connectivity index (χ1n) is 9.24. The molecule has 7 nitrogen and oxygen atoms in total. The number of hydrogen-bond acceptors (Lipinski definition) is 6. The molecule has 1 aliphatic heterocycles. The Bertz CT molecular complexity index is 852. The third kappa shape index (κ3) is 4.23. The number of ether oxygens (including phenoxy) is 1.